The Hall–Kier alpha value is -2.48. The van der Waals surface area contributed by atoms with Gasteiger partial charge in [0, 0.05) is 24.4 Å². The van der Waals surface area contributed by atoms with Gasteiger partial charge in [-0.1, -0.05) is 6.07 Å². The smallest absolute Gasteiger partial charge is 0.272 e. The number of aryl methyl sites for hydroxylation is 1. The van der Waals surface area contributed by atoms with E-state index in [9.17, 15) is 14.4 Å². The predicted octanol–water partition coefficient (Wildman–Crippen LogP) is 0.591. The molecule has 0 radical (unpaired) electrons. The summed E-state index contributed by atoms with van der Waals surface area (Å²) in [6.07, 6.45) is 0.930. The Balaban J connectivity index is 1.79. The summed E-state index contributed by atoms with van der Waals surface area (Å²) in [5.74, 6) is -0.377. The predicted molar refractivity (Wildman–Crippen MR) is 85.2 cm³/mol. The molecule has 23 heavy (non-hydrogen) atoms. The number of nitrogens with one attached hydrogen (secondary N) is 2. The van der Waals surface area contributed by atoms with Crippen LogP contribution in [0.25, 0.3) is 0 Å². The maximum Gasteiger partial charge on any atom is 0.272 e. The number of carbonyl (C=O) groups excluding carboxylic acids is 2. The first-order chi connectivity index (χ1) is 11.0. The Bertz CT molecular complexity index is 784. The van der Waals surface area contributed by atoms with Crippen molar-refractivity contribution in [3.63, 3.8) is 0 Å². The lowest BCUT2D eigenvalue weighted by atomic mass is 9.96. The fourth-order valence-electron chi connectivity index (χ4n) is 2.56. The average Bonchev–Trinajstić information content (AvgIpc) is 3.06. The minimum atomic E-state index is -0.358. The third-order valence-corrected chi connectivity index (χ3v) is 4.72. The molecule has 2 N–H and O–H groups in total. The zero-order valence-corrected chi connectivity index (χ0v) is 13.3. The van der Waals surface area contributed by atoms with Crippen LogP contribution in [0.5, 0.6) is 0 Å². The van der Waals surface area contributed by atoms with Crippen LogP contribution in [0.3, 0.4) is 0 Å². The molecule has 120 valence electrons. The summed E-state index contributed by atoms with van der Waals surface area (Å²) in [6.45, 7) is 0. The zero-order chi connectivity index (χ0) is 16.4. The molecule has 0 spiro atoms. The van der Waals surface area contributed by atoms with E-state index in [1.807, 2.05) is 17.5 Å². The molecule has 2 aromatic rings. The fraction of sp³-hybridized carbons (Fsp3) is 0.333. The molecule has 1 aliphatic rings. The minimum absolute atomic E-state index is 0.0193. The van der Waals surface area contributed by atoms with Crippen LogP contribution in [0.1, 0.15) is 34.2 Å². The third kappa shape index (κ3) is 3.31. The molecular formula is C15H16N4O3S. The Kier molecular flexibility index (Phi) is 4.24. The second-order valence-corrected chi connectivity index (χ2v) is 6.34. The lowest BCUT2D eigenvalue weighted by Crippen LogP contribution is -2.50. The van der Waals surface area contributed by atoms with Gasteiger partial charge in [0.25, 0.3) is 11.5 Å². The Morgan fingerprint density at radius 3 is 2.91 bits per heavy atom. The van der Waals surface area contributed by atoms with Gasteiger partial charge in [-0.3, -0.25) is 14.4 Å². The van der Waals surface area contributed by atoms with Crippen molar-refractivity contribution in [2.24, 2.45) is 7.05 Å². The number of amides is 2. The molecule has 7 nitrogen and oxygen atoms in total. The molecule has 1 aliphatic heterocycles. The highest BCUT2D eigenvalue weighted by molar-refractivity contribution is 7.10. The first kappa shape index (κ1) is 15.4. The van der Waals surface area contributed by atoms with Gasteiger partial charge in [-0.2, -0.15) is 5.10 Å². The summed E-state index contributed by atoms with van der Waals surface area (Å²) in [5, 5.41) is 11.7. The fourth-order valence-corrected chi connectivity index (χ4v) is 3.40. The normalized spacial score (nSPS) is 20.8. The van der Waals surface area contributed by atoms with E-state index in [1.54, 1.807) is 0 Å². The highest BCUT2D eigenvalue weighted by Gasteiger charge is 2.32. The number of aromatic nitrogens is 2. The van der Waals surface area contributed by atoms with E-state index < -0.39 is 0 Å². The standard InChI is InChI=1S/C15H16N4O3S/c1-19-13(21)7-5-10(18-19)15(22)16-9-4-6-12(20)17-14(9)11-3-2-8-23-11/h2-3,5,7-9,14H,4,6H2,1H3,(H,16,22)(H,17,20)/t9-,14-/m1/s1. The van der Waals surface area contributed by atoms with Gasteiger partial charge in [-0.25, -0.2) is 4.68 Å². The topological polar surface area (TPSA) is 93.1 Å². The molecule has 2 aromatic heterocycles. The SMILES string of the molecule is Cn1nc(C(=O)N[C@@H]2CCC(=O)N[C@H]2c2cccs2)ccc1=O. The molecule has 2 amide bonds. The number of piperidine rings is 1. The van der Waals surface area contributed by atoms with E-state index in [0.717, 1.165) is 9.56 Å². The van der Waals surface area contributed by atoms with E-state index in [4.69, 9.17) is 0 Å². The molecule has 0 unspecified atom stereocenters. The van der Waals surface area contributed by atoms with Crippen LogP contribution in [-0.2, 0) is 11.8 Å². The van der Waals surface area contributed by atoms with Crippen molar-refractivity contribution < 1.29 is 9.59 Å². The van der Waals surface area contributed by atoms with Gasteiger partial charge in [0.05, 0.1) is 12.1 Å². The molecule has 0 aliphatic carbocycles. The first-order valence-electron chi connectivity index (χ1n) is 7.22. The molecule has 8 heteroatoms. The summed E-state index contributed by atoms with van der Waals surface area (Å²) in [5.41, 5.74) is -0.100. The van der Waals surface area contributed by atoms with Gasteiger partial charge >= 0.3 is 0 Å². The van der Waals surface area contributed by atoms with Gasteiger partial charge in [-0.05, 0) is 23.9 Å². The van der Waals surface area contributed by atoms with Crippen molar-refractivity contribution in [3.8, 4) is 0 Å². The molecule has 1 saturated heterocycles. The average molecular weight is 332 g/mol. The molecule has 0 saturated carbocycles. The van der Waals surface area contributed by atoms with Gasteiger partial charge < -0.3 is 10.6 Å². The molecule has 3 heterocycles. The van der Waals surface area contributed by atoms with E-state index >= 15 is 0 Å². The van der Waals surface area contributed by atoms with Crippen molar-refractivity contribution in [3.05, 3.63) is 50.6 Å². The van der Waals surface area contributed by atoms with Crippen LogP contribution in [0.2, 0.25) is 0 Å². The summed E-state index contributed by atoms with van der Waals surface area (Å²) in [6, 6.07) is 6.10. The number of rotatable bonds is 3. The van der Waals surface area contributed by atoms with E-state index in [1.165, 1.54) is 30.5 Å². The third-order valence-electron chi connectivity index (χ3n) is 3.76. The van der Waals surface area contributed by atoms with Crippen LogP contribution in [0, 0.1) is 0 Å². The lowest BCUT2D eigenvalue weighted by Gasteiger charge is -2.32. The maximum atomic E-state index is 12.4. The number of hydrogen-bond donors (Lipinski definition) is 2. The Labute approximate surface area is 136 Å². The Morgan fingerprint density at radius 1 is 1.39 bits per heavy atom. The van der Waals surface area contributed by atoms with Crippen molar-refractivity contribution >= 4 is 23.2 Å². The van der Waals surface area contributed by atoms with Gasteiger partial charge in [-0.15, -0.1) is 11.3 Å². The van der Waals surface area contributed by atoms with Gasteiger partial charge in [0.1, 0.15) is 5.69 Å². The van der Waals surface area contributed by atoms with Crippen LogP contribution in [0.4, 0.5) is 0 Å². The zero-order valence-electron chi connectivity index (χ0n) is 12.5. The number of hydrogen-bond acceptors (Lipinski definition) is 5. The van der Waals surface area contributed by atoms with Crippen LogP contribution in [-0.4, -0.2) is 27.6 Å². The van der Waals surface area contributed by atoms with Crippen LogP contribution in [0.15, 0.2) is 34.4 Å². The molecular weight excluding hydrogens is 316 g/mol. The summed E-state index contributed by atoms with van der Waals surface area (Å²) < 4.78 is 1.12. The quantitative estimate of drug-likeness (QED) is 0.860. The van der Waals surface area contributed by atoms with E-state index in [0.29, 0.717) is 12.8 Å². The van der Waals surface area contributed by atoms with Gasteiger partial charge in [0.15, 0.2) is 0 Å². The Morgan fingerprint density at radius 2 is 2.22 bits per heavy atom. The van der Waals surface area contributed by atoms with Crippen molar-refractivity contribution in [1.82, 2.24) is 20.4 Å². The van der Waals surface area contributed by atoms with Crippen molar-refractivity contribution in [2.75, 3.05) is 0 Å². The monoisotopic (exact) mass is 332 g/mol. The summed E-state index contributed by atoms with van der Waals surface area (Å²) in [4.78, 5) is 36.4. The largest absolute Gasteiger partial charge is 0.346 e. The number of carbonyl (C=O) groups is 2. The maximum absolute atomic E-state index is 12.4. The van der Waals surface area contributed by atoms with Crippen LogP contribution >= 0.6 is 11.3 Å². The molecule has 1 fully saturated rings. The van der Waals surface area contributed by atoms with E-state index in [2.05, 4.69) is 15.7 Å². The summed E-state index contributed by atoms with van der Waals surface area (Å²) >= 11 is 1.54. The van der Waals surface area contributed by atoms with Crippen molar-refractivity contribution in [1.29, 1.82) is 0 Å². The van der Waals surface area contributed by atoms with Gasteiger partial charge in [0.2, 0.25) is 5.91 Å². The molecule has 2 atom stereocenters. The van der Waals surface area contributed by atoms with E-state index in [-0.39, 0.29) is 35.2 Å². The molecule has 0 bridgehead atoms. The highest BCUT2D eigenvalue weighted by Crippen LogP contribution is 2.27. The lowest BCUT2D eigenvalue weighted by molar-refractivity contribution is -0.123. The first-order valence-corrected chi connectivity index (χ1v) is 8.10. The molecule has 3 rings (SSSR count). The second kappa shape index (κ2) is 6.33. The minimum Gasteiger partial charge on any atom is -0.346 e. The second-order valence-electron chi connectivity index (χ2n) is 5.36. The number of nitrogens with zero attached hydrogens (tertiary/aromatic N) is 2. The number of thiophene rings is 1. The van der Waals surface area contributed by atoms with Crippen LogP contribution < -0.4 is 16.2 Å². The highest BCUT2D eigenvalue weighted by atomic mass is 32.1. The summed E-state index contributed by atoms with van der Waals surface area (Å²) in [7, 11) is 1.49. The molecule has 0 aromatic carbocycles. The van der Waals surface area contributed by atoms with Crippen molar-refractivity contribution in [2.45, 2.75) is 24.9 Å².